The molecule has 0 fully saturated rings. The van der Waals surface area contributed by atoms with Crippen LogP contribution in [0, 0.1) is 0 Å². The fourth-order valence-electron chi connectivity index (χ4n) is 6.58. The molecule has 8 aromatic carbocycles. The van der Waals surface area contributed by atoms with Crippen molar-refractivity contribution in [3.63, 3.8) is 0 Å². The van der Waals surface area contributed by atoms with Gasteiger partial charge in [-0.1, -0.05) is 170 Å². The predicted octanol–water partition coefficient (Wildman–Crippen LogP) is 12.9. The van der Waals surface area contributed by atoms with Crippen molar-refractivity contribution in [3.8, 4) is 66.8 Å². The third-order valence-corrected chi connectivity index (χ3v) is 9.26. The van der Waals surface area contributed by atoms with Crippen LogP contribution in [0.5, 0.6) is 0 Å². The molecule has 0 saturated heterocycles. The zero-order valence-electron chi connectivity index (χ0n) is 27.5. The average Bonchev–Trinajstić information content (AvgIpc) is 3.21. The van der Waals surface area contributed by atoms with Crippen LogP contribution in [-0.4, -0.2) is 5.78 Å². The molecular weight excluding hydrogens is 605 g/mol. The second-order valence-corrected chi connectivity index (χ2v) is 12.5. The highest BCUT2D eigenvalue weighted by molar-refractivity contribution is 6.11. The summed E-state index contributed by atoms with van der Waals surface area (Å²) < 4.78 is 0. The van der Waals surface area contributed by atoms with Crippen molar-refractivity contribution >= 4 is 5.78 Å². The van der Waals surface area contributed by atoms with Crippen molar-refractivity contribution in [2.24, 2.45) is 0 Å². The highest BCUT2D eigenvalue weighted by Crippen LogP contribution is 2.34. The van der Waals surface area contributed by atoms with E-state index in [1.807, 2.05) is 72.8 Å². The Morgan fingerprint density at radius 1 is 0.220 bits per heavy atom. The predicted molar refractivity (Wildman–Crippen MR) is 209 cm³/mol. The molecular formula is C49H34O. The highest BCUT2D eigenvalue weighted by atomic mass is 16.1. The van der Waals surface area contributed by atoms with Gasteiger partial charge in [0.05, 0.1) is 0 Å². The summed E-state index contributed by atoms with van der Waals surface area (Å²) in [5.74, 6) is -0.00938. The van der Waals surface area contributed by atoms with Crippen molar-refractivity contribution in [2.45, 2.75) is 0 Å². The molecule has 0 radical (unpaired) electrons. The molecule has 0 spiro atoms. The van der Waals surface area contributed by atoms with Crippen LogP contribution < -0.4 is 0 Å². The molecule has 0 aliphatic heterocycles. The number of hydrogen-bond donors (Lipinski definition) is 0. The Kier molecular flexibility index (Phi) is 8.54. The van der Waals surface area contributed by atoms with Gasteiger partial charge in [-0.15, -0.1) is 0 Å². The first-order valence-corrected chi connectivity index (χ1v) is 17.0. The van der Waals surface area contributed by atoms with E-state index < -0.39 is 0 Å². The lowest BCUT2D eigenvalue weighted by atomic mass is 9.89. The standard InChI is InChI=1S/C49H34O/c50-49(47-31-43(37-17-9-3-10-18-37)29-44(32-47)38-19-11-4-12-20-38)48-33-45(41-25-21-39(22-26-41)35-13-5-1-6-14-35)30-46(34-48)42-27-23-40(24-28-42)36-15-7-2-8-16-36/h1-34H. The summed E-state index contributed by atoms with van der Waals surface area (Å²) >= 11 is 0. The minimum Gasteiger partial charge on any atom is -0.289 e. The van der Waals surface area contributed by atoms with Gasteiger partial charge in [-0.3, -0.25) is 4.79 Å². The first-order chi connectivity index (χ1) is 24.7. The van der Waals surface area contributed by atoms with Crippen LogP contribution in [0.4, 0.5) is 0 Å². The number of ketones is 1. The van der Waals surface area contributed by atoms with E-state index in [0.29, 0.717) is 11.1 Å². The molecule has 1 nitrogen and oxygen atoms in total. The van der Waals surface area contributed by atoms with Crippen molar-refractivity contribution in [1.82, 2.24) is 0 Å². The molecule has 0 aliphatic carbocycles. The van der Waals surface area contributed by atoms with E-state index in [4.69, 9.17) is 0 Å². The van der Waals surface area contributed by atoms with Crippen LogP contribution in [0.2, 0.25) is 0 Å². The van der Waals surface area contributed by atoms with E-state index in [1.54, 1.807) is 0 Å². The molecule has 0 saturated carbocycles. The number of hydrogen-bond acceptors (Lipinski definition) is 1. The van der Waals surface area contributed by atoms with Crippen LogP contribution in [0.25, 0.3) is 66.8 Å². The van der Waals surface area contributed by atoms with Crippen LogP contribution in [0.15, 0.2) is 206 Å². The van der Waals surface area contributed by atoms with Crippen molar-refractivity contribution < 1.29 is 4.79 Å². The monoisotopic (exact) mass is 638 g/mol. The Morgan fingerprint density at radius 3 is 0.680 bits per heavy atom. The van der Waals surface area contributed by atoms with Gasteiger partial charge in [-0.25, -0.2) is 0 Å². The third kappa shape index (κ3) is 6.58. The maximum Gasteiger partial charge on any atom is 0.193 e. The van der Waals surface area contributed by atoms with Crippen molar-refractivity contribution in [3.05, 3.63) is 217 Å². The van der Waals surface area contributed by atoms with E-state index in [-0.39, 0.29) is 5.78 Å². The van der Waals surface area contributed by atoms with Crippen LogP contribution in [-0.2, 0) is 0 Å². The SMILES string of the molecule is O=C(c1cc(-c2ccccc2)cc(-c2ccccc2)c1)c1cc(-c2ccc(-c3ccccc3)cc2)cc(-c2ccc(-c3ccccc3)cc2)c1. The van der Waals surface area contributed by atoms with Gasteiger partial charge in [0, 0.05) is 11.1 Å². The van der Waals surface area contributed by atoms with E-state index >= 15 is 0 Å². The number of rotatable bonds is 8. The lowest BCUT2D eigenvalue weighted by Crippen LogP contribution is -2.03. The summed E-state index contributed by atoms with van der Waals surface area (Å²) in [5, 5.41) is 0. The summed E-state index contributed by atoms with van der Waals surface area (Å²) in [5.41, 5.74) is 14.3. The van der Waals surface area contributed by atoms with Gasteiger partial charge in [-0.2, -0.15) is 0 Å². The second-order valence-electron chi connectivity index (χ2n) is 12.5. The largest absolute Gasteiger partial charge is 0.289 e. The third-order valence-electron chi connectivity index (χ3n) is 9.26. The molecule has 50 heavy (non-hydrogen) atoms. The molecule has 0 aromatic heterocycles. The fourth-order valence-corrected chi connectivity index (χ4v) is 6.58. The maximum absolute atomic E-state index is 14.7. The summed E-state index contributed by atoms with van der Waals surface area (Å²) in [6, 6.07) is 71.1. The summed E-state index contributed by atoms with van der Waals surface area (Å²) in [6.45, 7) is 0. The maximum atomic E-state index is 14.7. The minimum atomic E-state index is -0.00938. The van der Waals surface area contributed by atoms with E-state index in [0.717, 1.165) is 55.6 Å². The van der Waals surface area contributed by atoms with Gasteiger partial charge in [0.25, 0.3) is 0 Å². The molecule has 0 bridgehead atoms. The van der Waals surface area contributed by atoms with E-state index in [2.05, 4.69) is 133 Å². The summed E-state index contributed by atoms with van der Waals surface area (Å²) in [7, 11) is 0. The van der Waals surface area contributed by atoms with Crippen molar-refractivity contribution in [1.29, 1.82) is 0 Å². The molecule has 0 N–H and O–H groups in total. The number of benzene rings is 8. The molecule has 0 heterocycles. The van der Waals surface area contributed by atoms with Crippen LogP contribution >= 0.6 is 0 Å². The molecule has 0 unspecified atom stereocenters. The fraction of sp³-hybridized carbons (Fsp3) is 0. The lowest BCUT2D eigenvalue weighted by molar-refractivity contribution is 0.103. The normalized spacial score (nSPS) is 10.9. The Bertz CT molecular complexity index is 2220. The number of carbonyl (C=O) groups is 1. The van der Waals surface area contributed by atoms with Crippen LogP contribution in [0.3, 0.4) is 0 Å². The smallest absolute Gasteiger partial charge is 0.193 e. The Morgan fingerprint density at radius 2 is 0.420 bits per heavy atom. The Balaban J connectivity index is 1.24. The van der Waals surface area contributed by atoms with Gasteiger partial charge in [0.15, 0.2) is 5.78 Å². The molecule has 8 aromatic rings. The molecule has 0 aliphatic rings. The lowest BCUT2D eigenvalue weighted by Gasteiger charge is -2.14. The first-order valence-electron chi connectivity index (χ1n) is 17.0. The number of carbonyl (C=O) groups excluding carboxylic acids is 1. The summed E-state index contributed by atoms with van der Waals surface area (Å²) in [6.07, 6.45) is 0. The molecule has 1 heteroatoms. The molecule has 8 rings (SSSR count). The van der Waals surface area contributed by atoms with E-state index in [9.17, 15) is 4.79 Å². The highest BCUT2D eigenvalue weighted by Gasteiger charge is 2.17. The second kappa shape index (κ2) is 13.9. The van der Waals surface area contributed by atoms with Crippen LogP contribution in [0.1, 0.15) is 15.9 Å². The first kappa shape index (κ1) is 30.7. The zero-order valence-corrected chi connectivity index (χ0v) is 27.5. The topological polar surface area (TPSA) is 17.1 Å². The van der Waals surface area contributed by atoms with Gasteiger partial charge in [0.1, 0.15) is 0 Å². The van der Waals surface area contributed by atoms with Crippen molar-refractivity contribution in [2.75, 3.05) is 0 Å². The van der Waals surface area contributed by atoms with E-state index in [1.165, 1.54) is 11.1 Å². The quantitative estimate of drug-likeness (QED) is 0.151. The Hall–Kier alpha value is -6.57. The molecule has 236 valence electrons. The molecule has 0 atom stereocenters. The zero-order chi connectivity index (χ0) is 33.7. The Labute approximate surface area is 293 Å². The summed E-state index contributed by atoms with van der Waals surface area (Å²) in [4.78, 5) is 14.7. The van der Waals surface area contributed by atoms with Gasteiger partial charge >= 0.3 is 0 Å². The molecule has 0 amide bonds. The average molecular weight is 639 g/mol. The minimum absolute atomic E-state index is 0.00938. The van der Waals surface area contributed by atoms with Gasteiger partial charge in [0.2, 0.25) is 0 Å². The van der Waals surface area contributed by atoms with Gasteiger partial charge < -0.3 is 0 Å². The van der Waals surface area contributed by atoms with Gasteiger partial charge in [-0.05, 0) is 103 Å².